The second-order valence-electron chi connectivity index (χ2n) is 3.08. The van der Waals surface area contributed by atoms with Gasteiger partial charge in [0.25, 0.3) is 0 Å². The predicted octanol–water partition coefficient (Wildman–Crippen LogP) is 1.23. The Bertz CT molecular complexity index is 380. The van der Waals surface area contributed by atoms with Crippen LogP contribution in [0, 0.1) is 5.82 Å². The number of hydrogen-bond acceptors (Lipinski definition) is 3. The fourth-order valence-corrected chi connectivity index (χ4v) is 1.04. The predicted molar refractivity (Wildman–Crippen MR) is 58.2 cm³/mol. The Kier molecular flexibility index (Phi) is 5.63. The van der Waals surface area contributed by atoms with Crippen molar-refractivity contribution in [2.75, 3.05) is 0 Å². The van der Waals surface area contributed by atoms with E-state index in [-0.39, 0.29) is 24.4 Å². The fraction of sp³-hybridized carbons (Fsp3) is 0.200. The van der Waals surface area contributed by atoms with E-state index < -0.39 is 23.6 Å². The Morgan fingerprint density at radius 1 is 1.31 bits per heavy atom. The highest BCUT2D eigenvalue weighted by molar-refractivity contribution is 5.98. The Hall–Kier alpha value is -1.46. The minimum atomic E-state index is -1.23. The van der Waals surface area contributed by atoms with Crippen LogP contribution < -0.4 is 5.73 Å². The van der Waals surface area contributed by atoms with Crippen LogP contribution in [0.3, 0.4) is 0 Å². The lowest BCUT2D eigenvalue weighted by Crippen LogP contribution is -2.32. The van der Waals surface area contributed by atoms with Crippen LogP contribution in [0.1, 0.15) is 16.8 Å². The maximum Gasteiger partial charge on any atom is 0.320 e. The molecule has 0 aliphatic rings. The molecule has 0 aliphatic heterocycles. The molecule has 1 rings (SSSR count). The number of aliphatic carboxylic acids is 1. The highest BCUT2D eigenvalue weighted by atomic mass is 35.5. The van der Waals surface area contributed by atoms with Gasteiger partial charge in [0.2, 0.25) is 0 Å². The largest absolute Gasteiger partial charge is 0.480 e. The van der Waals surface area contributed by atoms with Crippen molar-refractivity contribution < 1.29 is 19.1 Å². The van der Waals surface area contributed by atoms with Gasteiger partial charge >= 0.3 is 5.97 Å². The molecule has 0 aromatic heterocycles. The van der Waals surface area contributed by atoms with Crippen molar-refractivity contribution in [3.63, 3.8) is 0 Å². The summed E-state index contributed by atoms with van der Waals surface area (Å²) in [5.41, 5.74) is 5.45. The van der Waals surface area contributed by atoms with Gasteiger partial charge in [0, 0.05) is 12.0 Å². The van der Waals surface area contributed by atoms with Gasteiger partial charge in [0.15, 0.2) is 5.78 Å². The first-order valence-corrected chi connectivity index (χ1v) is 4.28. The molecule has 16 heavy (non-hydrogen) atoms. The van der Waals surface area contributed by atoms with Crippen LogP contribution >= 0.6 is 12.4 Å². The van der Waals surface area contributed by atoms with E-state index >= 15 is 0 Å². The molecule has 0 aliphatic carbocycles. The summed E-state index contributed by atoms with van der Waals surface area (Å²) in [6, 6.07) is 3.65. The quantitative estimate of drug-likeness (QED) is 0.785. The lowest BCUT2D eigenvalue weighted by molar-refractivity contribution is -0.138. The molecule has 0 bridgehead atoms. The smallest absolute Gasteiger partial charge is 0.320 e. The van der Waals surface area contributed by atoms with E-state index in [1.807, 2.05) is 0 Å². The maximum atomic E-state index is 12.5. The van der Waals surface area contributed by atoms with Crippen LogP contribution in [-0.4, -0.2) is 22.9 Å². The van der Waals surface area contributed by atoms with E-state index in [2.05, 4.69) is 0 Å². The van der Waals surface area contributed by atoms with E-state index in [0.717, 1.165) is 12.1 Å². The van der Waals surface area contributed by atoms with Crippen LogP contribution in [0.5, 0.6) is 0 Å². The molecule has 3 N–H and O–H groups in total. The van der Waals surface area contributed by atoms with Crippen molar-refractivity contribution in [2.24, 2.45) is 5.73 Å². The molecule has 1 atom stereocenters. The third-order valence-corrected chi connectivity index (χ3v) is 1.89. The van der Waals surface area contributed by atoms with Crippen LogP contribution in [0.2, 0.25) is 0 Å². The Balaban J connectivity index is 0.00000225. The van der Waals surface area contributed by atoms with Crippen molar-refractivity contribution in [3.8, 4) is 0 Å². The number of halogens is 2. The molecule has 1 unspecified atom stereocenters. The number of nitrogens with two attached hydrogens (primary N) is 1. The zero-order valence-corrected chi connectivity index (χ0v) is 9.04. The Morgan fingerprint density at radius 2 is 1.81 bits per heavy atom. The summed E-state index contributed by atoms with van der Waals surface area (Å²) in [5.74, 6) is -2.09. The molecule has 0 fully saturated rings. The average molecular weight is 248 g/mol. The summed E-state index contributed by atoms with van der Waals surface area (Å²) < 4.78 is 12.5. The van der Waals surface area contributed by atoms with E-state index in [1.54, 1.807) is 0 Å². The molecule has 1 aromatic carbocycles. The first-order valence-electron chi connectivity index (χ1n) is 4.28. The van der Waals surface area contributed by atoms with Gasteiger partial charge in [-0.25, -0.2) is 4.39 Å². The van der Waals surface area contributed by atoms with Gasteiger partial charge in [-0.15, -0.1) is 12.4 Å². The molecule has 0 radical (unpaired) electrons. The molecule has 0 amide bonds. The number of carbonyl (C=O) groups excluding carboxylic acids is 1. The molecular formula is C10H11ClFNO3. The average Bonchev–Trinajstić information content (AvgIpc) is 2.18. The standard InChI is InChI=1S/C10H10FNO3.ClH/c11-7-3-1-6(2-4-7)9(13)5-8(12)10(14)15;/h1-4,8H,5,12H2,(H,14,15);1H. The van der Waals surface area contributed by atoms with Crippen molar-refractivity contribution in [1.29, 1.82) is 0 Å². The molecule has 0 saturated heterocycles. The number of carboxylic acids is 1. The number of benzene rings is 1. The summed E-state index contributed by atoms with van der Waals surface area (Å²) in [6.07, 6.45) is -0.291. The normalized spacial score (nSPS) is 11.4. The number of Topliss-reactive ketones (excluding diaryl/α,β-unsaturated/α-hetero) is 1. The van der Waals surface area contributed by atoms with Gasteiger partial charge in [-0.05, 0) is 24.3 Å². The van der Waals surface area contributed by atoms with Crippen molar-refractivity contribution >= 4 is 24.2 Å². The van der Waals surface area contributed by atoms with Crippen molar-refractivity contribution in [2.45, 2.75) is 12.5 Å². The minimum absolute atomic E-state index is 0. The number of hydrogen-bond donors (Lipinski definition) is 2. The molecule has 4 nitrogen and oxygen atoms in total. The van der Waals surface area contributed by atoms with Gasteiger partial charge in [-0.1, -0.05) is 0 Å². The first-order chi connectivity index (χ1) is 7.00. The van der Waals surface area contributed by atoms with Crippen molar-refractivity contribution in [1.82, 2.24) is 0 Å². The molecular weight excluding hydrogens is 237 g/mol. The zero-order valence-electron chi connectivity index (χ0n) is 8.22. The van der Waals surface area contributed by atoms with Gasteiger partial charge < -0.3 is 10.8 Å². The second-order valence-corrected chi connectivity index (χ2v) is 3.08. The minimum Gasteiger partial charge on any atom is -0.480 e. The van der Waals surface area contributed by atoms with Crippen LogP contribution in [-0.2, 0) is 4.79 Å². The first kappa shape index (κ1) is 14.5. The van der Waals surface area contributed by atoms with Crippen LogP contribution in [0.4, 0.5) is 4.39 Å². The van der Waals surface area contributed by atoms with Gasteiger partial charge in [-0.2, -0.15) is 0 Å². The van der Waals surface area contributed by atoms with Crippen molar-refractivity contribution in [3.05, 3.63) is 35.6 Å². The number of rotatable bonds is 4. The lowest BCUT2D eigenvalue weighted by Gasteiger charge is -2.04. The summed E-state index contributed by atoms with van der Waals surface area (Å²) >= 11 is 0. The van der Waals surface area contributed by atoms with Crippen LogP contribution in [0.15, 0.2) is 24.3 Å². The van der Waals surface area contributed by atoms with Gasteiger partial charge in [0.05, 0.1) is 0 Å². The second kappa shape index (κ2) is 6.19. The summed E-state index contributed by atoms with van der Waals surface area (Å²) in [6.45, 7) is 0. The molecule has 1 aromatic rings. The van der Waals surface area contributed by atoms with Gasteiger partial charge in [0.1, 0.15) is 11.9 Å². The molecule has 0 saturated carbocycles. The number of carboxylic acid groups (broad SMARTS) is 1. The number of carbonyl (C=O) groups is 2. The Morgan fingerprint density at radius 3 is 2.25 bits per heavy atom. The van der Waals surface area contributed by atoms with E-state index in [4.69, 9.17) is 10.8 Å². The molecule has 0 heterocycles. The maximum absolute atomic E-state index is 12.5. The molecule has 88 valence electrons. The lowest BCUT2D eigenvalue weighted by atomic mass is 10.0. The molecule has 0 spiro atoms. The highest BCUT2D eigenvalue weighted by Crippen LogP contribution is 2.06. The van der Waals surface area contributed by atoms with E-state index in [0.29, 0.717) is 0 Å². The summed E-state index contributed by atoms with van der Waals surface area (Å²) in [4.78, 5) is 21.8. The SMILES string of the molecule is Cl.NC(CC(=O)c1ccc(F)cc1)C(=O)O. The number of ketones is 1. The summed E-state index contributed by atoms with van der Waals surface area (Å²) in [5, 5.41) is 8.48. The Labute approximate surface area is 97.7 Å². The van der Waals surface area contributed by atoms with E-state index in [9.17, 15) is 14.0 Å². The van der Waals surface area contributed by atoms with Crippen LogP contribution in [0.25, 0.3) is 0 Å². The zero-order chi connectivity index (χ0) is 11.4. The fourth-order valence-electron chi connectivity index (χ4n) is 1.04. The third kappa shape index (κ3) is 3.96. The highest BCUT2D eigenvalue weighted by Gasteiger charge is 2.17. The third-order valence-electron chi connectivity index (χ3n) is 1.89. The topological polar surface area (TPSA) is 80.4 Å². The van der Waals surface area contributed by atoms with E-state index in [1.165, 1.54) is 12.1 Å². The molecule has 6 heteroatoms. The van der Waals surface area contributed by atoms with Gasteiger partial charge in [-0.3, -0.25) is 9.59 Å². The summed E-state index contributed by atoms with van der Waals surface area (Å²) in [7, 11) is 0. The monoisotopic (exact) mass is 247 g/mol.